The molecule has 0 aliphatic heterocycles. The average Bonchev–Trinajstić information content (AvgIpc) is 3.14. The molecule has 0 unspecified atom stereocenters. The summed E-state index contributed by atoms with van der Waals surface area (Å²) >= 11 is 3.05. The fourth-order valence-electron chi connectivity index (χ4n) is 2.52. The molecule has 0 bridgehead atoms. The van der Waals surface area contributed by atoms with Crippen LogP contribution in [0.5, 0.6) is 11.5 Å². The summed E-state index contributed by atoms with van der Waals surface area (Å²) in [6, 6.07) is 18.1. The molecule has 158 valence electrons. The number of hydrogen-bond donors (Lipinski definition) is 0. The Morgan fingerprint density at radius 2 is 1.77 bits per heavy atom. The van der Waals surface area contributed by atoms with Crippen LogP contribution in [0.3, 0.4) is 0 Å². The Bertz CT molecular complexity index is 988. The highest BCUT2D eigenvalue weighted by molar-refractivity contribution is 7.99. The van der Waals surface area contributed by atoms with Crippen LogP contribution < -0.4 is 9.16 Å². The summed E-state index contributed by atoms with van der Waals surface area (Å²) in [6.45, 7) is 11.7. The maximum absolute atomic E-state index is 11.1. The van der Waals surface area contributed by atoms with Crippen molar-refractivity contribution >= 4 is 37.7 Å². The van der Waals surface area contributed by atoms with Crippen molar-refractivity contribution < 1.29 is 14.0 Å². The van der Waals surface area contributed by atoms with E-state index in [4.69, 9.17) is 9.16 Å². The first-order valence-electron chi connectivity index (χ1n) is 9.89. The molecule has 0 fully saturated rings. The summed E-state index contributed by atoms with van der Waals surface area (Å²) in [5.74, 6) is 1.73. The molecule has 6 heteroatoms. The Morgan fingerprint density at radius 3 is 2.43 bits per heavy atom. The van der Waals surface area contributed by atoms with Gasteiger partial charge in [0, 0.05) is 9.79 Å². The first-order valence-corrected chi connectivity index (χ1v) is 14.5. The molecule has 30 heavy (non-hydrogen) atoms. The Labute approximate surface area is 188 Å². The molecular weight excluding hydrogens is 428 g/mol. The number of carbonyl (C=O) groups excluding carboxylic acids is 1. The van der Waals surface area contributed by atoms with Crippen molar-refractivity contribution in [3.63, 3.8) is 0 Å². The third kappa shape index (κ3) is 5.77. The molecule has 3 aromatic rings. The molecule has 0 spiro atoms. The normalized spacial score (nSPS) is 11.9. The molecule has 0 saturated carbocycles. The van der Waals surface area contributed by atoms with Crippen LogP contribution in [-0.4, -0.2) is 14.6 Å². The van der Waals surface area contributed by atoms with Crippen molar-refractivity contribution in [2.45, 2.75) is 55.3 Å². The molecule has 0 saturated heterocycles. The number of ether oxygens (including phenoxy) is 1. The molecule has 2 aromatic carbocycles. The van der Waals surface area contributed by atoms with Gasteiger partial charge >= 0.3 is 0 Å². The lowest BCUT2D eigenvalue weighted by Gasteiger charge is -2.36. The highest BCUT2D eigenvalue weighted by Crippen LogP contribution is 2.37. The van der Waals surface area contributed by atoms with Crippen LogP contribution in [0.25, 0.3) is 0 Å². The van der Waals surface area contributed by atoms with Crippen molar-refractivity contribution in [2.24, 2.45) is 0 Å². The van der Waals surface area contributed by atoms with Gasteiger partial charge in [0.05, 0.1) is 4.88 Å². The van der Waals surface area contributed by atoms with Gasteiger partial charge in [-0.3, -0.25) is 4.79 Å². The SMILES string of the molecule is CC(C)(C)[Si](C)(C)Oc1cccc(COc2ccc(Sc3ccsc3C=O)cc2)c1. The second-order valence-corrected chi connectivity index (χ2v) is 15.4. The van der Waals surface area contributed by atoms with Gasteiger partial charge < -0.3 is 9.16 Å². The van der Waals surface area contributed by atoms with Crippen molar-refractivity contribution in [3.05, 3.63) is 70.4 Å². The van der Waals surface area contributed by atoms with Gasteiger partial charge in [0.15, 0.2) is 6.29 Å². The predicted molar refractivity (Wildman–Crippen MR) is 129 cm³/mol. The molecule has 0 atom stereocenters. The van der Waals surface area contributed by atoms with E-state index in [1.807, 2.05) is 47.8 Å². The lowest BCUT2D eigenvalue weighted by molar-refractivity contribution is 0.112. The summed E-state index contributed by atoms with van der Waals surface area (Å²) in [6.07, 6.45) is 0.910. The Kier molecular flexibility index (Phi) is 7.11. The fraction of sp³-hybridized carbons (Fsp3) is 0.292. The van der Waals surface area contributed by atoms with Crippen LogP contribution >= 0.6 is 23.1 Å². The third-order valence-electron chi connectivity index (χ3n) is 5.30. The number of benzene rings is 2. The second kappa shape index (κ2) is 9.41. The number of hydrogen-bond acceptors (Lipinski definition) is 5. The van der Waals surface area contributed by atoms with E-state index in [0.29, 0.717) is 6.61 Å². The van der Waals surface area contributed by atoms with Crippen molar-refractivity contribution in [1.82, 2.24) is 0 Å². The summed E-state index contributed by atoms with van der Waals surface area (Å²) in [7, 11) is -1.86. The largest absolute Gasteiger partial charge is 0.543 e. The summed E-state index contributed by atoms with van der Waals surface area (Å²) < 4.78 is 12.4. The highest BCUT2D eigenvalue weighted by atomic mass is 32.2. The maximum atomic E-state index is 11.1. The molecule has 3 rings (SSSR count). The zero-order valence-electron chi connectivity index (χ0n) is 18.1. The molecule has 0 amide bonds. The average molecular weight is 457 g/mol. The number of aldehydes is 1. The zero-order chi connectivity index (χ0) is 21.8. The van der Waals surface area contributed by atoms with Crippen LogP contribution in [0.15, 0.2) is 69.8 Å². The lowest BCUT2D eigenvalue weighted by Crippen LogP contribution is -2.43. The van der Waals surface area contributed by atoms with Gasteiger partial charge in [-0.2, -0.15) is 0 Å². The van der Waals surface area contributed by atoms with Crippen LogP contribution in [0.2, 0.25) is 18.1 Å². The summed E-state index contributed by atoms with van der Waals surface area (Å²) in [4.78, 5) is 13.9. The van der Waals surface area contributed by atoms with E-state index < -0.39 is 8.32 Å². The number of rotatable bonds is 8. The topological polar surface area (TPSA) is 35.5 Å². The van der Waals surface area contributed by atoms with Crippen LogP contribution in [0, 0.1) is 0 Å². The minimum atomic E-state index is -1.86. The molecule has 0 aliphatic carbocycles. The van der Waals surface area contributed by atoms with E-state index in [0.717, 1.165) is 38.0 Å². The van der Waals surface area contributed by atoms with Gasteiger partial charge in [0.2, 0.25) is 8.32 Å². The van der Waals surface area contributed by atoms with E-state index in [9.17, 15) is 4.79 Å². The summed E-state index contributed by atoms with van der Waals surface area (Å²) in [5, 5.41) is 2.10. The first-order chi connectivity index (χ1) is 14.2. The summed E-state index contributed by atoms with van der Waals surface area (Å²) in [5.41, 5.74) is 1.08. The van der Waals surface area contributed by atoms with E-state index >= 15 is 0 Å². The lowest BCUT2D eigenvalue weighted by atomic mass is 10.2. The van der Waals surface area contributed by atoms with Gasteiger partial charge in [0.1, 0.15) is 18.1 Å². The van der Waals surface area contributed by atoms with E-state index in [2.05, 4.69) is 46.0 Å². The molecule has 0 N–H and O–H groups in total. The quantitative estimate of drug-likeness (QED) is 0.257. The Hall–Kier alpha value is -2.02. The van der Waals surface area contributed by atoms with Gasteiger partial charge in [0.25, 0.3) is 0 Å². The Balaban J connectivity index is 1.60. The van der Waals surface area contributed by atoms with Gasteiger partial charge in [-0.25, -0.2) is 0 Å². The van der Waals surface area contributed by atoms with E-state index in [1.165, 1.54) is 11.3 Å². The minimum absolute atomic E-state index is 0.161. The standard InChI is InChI=1S/C24H28O3S2Si/c1-24(2,3)30(4,5)27-20-8-6-7-18(15-20)17-26-19-9-11-21(12-10-19)29-22-13-14-28-23(22)16-25/h6-16H,17H2,1-5H3. The van der Waals surface area contributed by atoms with Crippen molar-refractivity contribution in [2.75, 3.05) is 0 Å². The van der Waals surface area contributed by atoms with Crippen LogP contribution in [-0.2, 0) is 6.61 Å². The third-order valence-corrected chi connectivity index (χ3v) is 11.7. The van der Waals surface area contributed by atoms with Gasteiger partial charge in [-0.05, 0) is 71.5 Å². The fourth-order valence-corrected chi connectivity index (χ4v) is 5.30. The zero-order valence-corrected chi connectivity index (χ0v) is 20.7. The minimum Gasteiger partial charge on any atom is -0.543 e. The second-order valence-electron chi connectivity index (χ2n) is 8.64. The van der Waals surface area contributed by atoms with E-state index in [1.54, 1.807) is 11.8 Å². The molecule has 1 aromatic heterocycles. The smallest absolute Gasteiger partial charge is 0.250 e. The monoisotopic (exact) mass is 456 g/mol. The molecule has 1 heterocycles. The van der Waals surface area contributed by atoms with E-state index in [-0.39, 0.29) is 5.04 Å². The first kappa shape index (κ1) is 22.7. The molecule has 3 nitrogen and oxygen atoms in total. The molecule has 0 radical (unpaired) electrons. The van der Waals surface area contributed by atoms with Gasteiger partial charge in [-0.15, -0.1) is 11.3 Å². The molecule has 0 aliphatic rings. The maximum Gasteiger partial charge on any atom is 0.250 e. The Morgan fingerprint density at radius 1 is 1.03 bits per heavy atom. The van der Waals surface area contributed by atoms with Crippen molar-refractivity contribution in [3.8, 4) is 11.5 Å². The van der Waals surface area contributed by atoms with Gasteiger partial charge in [-0.1, -0.05) is 44.7 Å². The van der Waals surface area contributed by atoms with Crippen LogP contribution in [0.4, 0.5) is 0 Å². The number of thiophene rings is 1. The highest BCUT2D eigenvalue weighted by Gasteiger charge is 2.38. The predicted octanol–water partition coefficient (Wildman–Crippen LogP) is 7.67. The molecular formula is C24H28O3S2Si. The van der Waals surface area contributed by atoms with Crippen molar-refractivity contribution in [1.29, 1.82) is 0 Å². The number of carbonyl (C=O) groups is 1. The van der Waals surface area contributed by atoms with Crippen LogP contribution in [0.1, 0.15) is 36.0 Å².